The highest BCUT2D eigenvalue weighted by Gasteiger charge is 2.43. The van der Waals surface area contributed by atoms with E-state index in [1.54, 1.807) is 22.8 Å². The van der Waals surface area contributed by atoms with Crippen molar-refractivity contribution in [3.05, 3.63) is 48.4 Å². The average Bonchev–Trinajstić information content (AvgIpc) is 3.48. The number of nitrogens with one attached hydrogen (secondary N) is 1. The number of aromatic nitrogens is 5. The first kappa shape index (κ1) is 21.7. The third-order valence-corrected chi connectivity index (χ3v) is 6.68. The topological polar surface area (TPSA) is 93.6 Å². The minimum absolute atomic E-state index is 0.231. The van der Waals surface area contributed by atoms with Crippen LogP contribution in [0.2, 0.25) is 0 Å². The van der Waals surface area contributed by atoms with Crippen LogP contribution < -0.4 is 15.0 Å². The van der Waals surface area contributed by atoms with Crippen LogP contribution in [0.4, 0.5) is 25.1 Å². The van der Waals surface area contributed by atoms with Gasteiger partial charge in [-0.05, 0) is 61.4 Å². The van der Waals surface area contributed by atoms with E-state index in [0.29, 0.717) is 40.8 Å². The van der Waals surface area contributed by atoms with Crippen LogP contribution in [-0.2, 0) is 0 Å². The Balaban J connectivity index is 1.21. The van der Waals surface area contributed by atoms with Crippen molar-refractivity contribution in [2.45, 2.75) is 32.2 Å². The number of pyridine rings is 1. The first-order valence-electron chi connectivity index (χ1n) is 11.4. The van der Waals surface area contributed by atoms with Gasteiger partial charge < -0.3 is 19.5 Å². The number of fused-ring (bicyclic) bond motifs is 3. The van der Waals surface area contributed by atoms with Crippen molar-refractivity contribution in [2.75, 3.05) is 23.3 Å². The van der Waals surface area contributed by atoms with Gasteiger partial charge in [-0.15, -0.1) is 18.3 Å². The Labute approximate surface area is 197 Å². The summed E-state index contributed by atoms with van der Waals surface area (Å²) in [6, 6.07) is 10.2. The smallest absolute Gasteiger partial charge is 0.406 e. The summed E-state index contributed by atoms with van der Waals surface area (Å²) >= 11 is 0. The number of hydrogen-bond donors (Lipinski definition) is 1. The summed E-state index contributed by atoms with van der Waals surface area (Å²) in [5.41, 5.74) is 2.09. The highest BCUT2D eigenvalue weighted by molar-refractivity contribution is 5.78. The molecule has 4 aromatic rings. The van der Waals surface area contributed by atoms with Gasteiger partial charge in [-0.2, -0.15) is 9.97 Å². The maximum absolute atomic E-state index is 12.5. The van der Waals surface area contributed by atoms with Gasteiger partial charge in [0.15, 0.2) is 11.5 Å². The Kier molecular flexibility index (Phi) is 5.04. The molecule has 3 aromatic heterocycles. The predicted molar refractivity (Wildman–Crippen MR) is 120 cm³/mol. The average molecular weight is 485 g/mol. The SMILES string of the molecule is Cc1noc(N2CC3CC[C@@H](C2)[C@@H]3Nc2nc3c(-c4ccc(OC(F)(F)F)cc4)cccn3n2)n1. The summed E-state index contributed by atoms with van der Waals surface area (Å²) in [5, 5.41) is 12.0. The van der Waals surface area contributed by atoms with E-state index in [2.05, 4.69) is 30.2 Å². The van der Waals surface area contributed by atoms with Gasteiger partial charge in [-0.3, -0.25) is 0 Å². The van der Waals surface area contributed by atoms with Gasteiger partial charge in [0.1, 0.15) is 5.75 Å². The van der Waals surface area contributed by atoms with Crippen LogP contribution in [0.3, 0.4) is 0 Å². The second kappa shape index (κ2) is 8.14. The van der Waals surface area contributed by atoms with E-state index in [9.17, 15) is 13.2 Å². The lowest BCUT2D eigenvalue weighted by Gasteiger charge is -2.37. The molecule has 1 unspecified atom stereocenters. The molecule has 1 saturated carbocycles. The fourth-order valence-electron chi connectivity index (χ4n) is 5.21. The van der Waals surface area contributed by atoms with E-state index < -0.39 is 6.36 Å². The number of hydrogen-bond acceptors (Lipinski definition) is 8. The van der Waals surface area contributed by atoms with Crippen LogP contribution in [0.5, 0.6) is 5.75 Å². The molecule has 2 aliphatic rings. The molecule has 3 atom stereocenters. The lowest BCUT2D eigenvalue weighted by Crippen LogP contribution is -2.48. The van der Waals surface area contributed by atoms with E-state index in [4.69, 9.17) is 9.51 Å². The molecule has 1 aliphatic carbocycles. The summed E-state index contributed by atoms with van der Waals surface area (Å²) < 4.78 is 48.4. The van der Waals surface area contributed by atoms with Crippen LogP contribution in [0.15, 0.2) is 47.1 Å². The van der Waals surface area contributed by atoms with Crippen LogP contribution in [-0.4, -0.2) is 50.2 Å². The van der Waals surface area contributed by atoms with Crippen LogP contribution in [0, 0.1) is 18.8 Å². The maximum atomic E-state index is 12.5. The summed E-state index contributed by atoms with van der Waals surface area (Å²) in [4.78, 5) is 11.2. The molecule has 1 N–H and O–H groups in total. The standard InChI is InChI=1S/C23H22F3N7O2/c1-13-27-22(35-31-13)32-11-15-4-5-16(12-32)19(15)28-21-29-20-18(3-2-10-33(20)30-21)14-6-8-17(9-7-14)34-23(24,25)26/h2-3,6-10,15-16,19H,4-5,11-12H2,1H3,(H,28,30)/t15-,16?,19-/m0/s1. The Hall–Kier alpha value is -3.83. The van der Waals surface area contributed by atoms with Crippen molar-refractivity contribution in [3.63, 3.8) is 0 Å². The number of piperidine rings is 1. The molecule has 0 radical (unpaired) electrons. The molecule has 1 saturated heterocycles. The molecular weight excluding hydrogens is 463 g/mol. The van der Waals surface area contributed by atoms with E-state index in [0.717, 1.165) is 31.5 Å². The van der Waals surface area contributed by atoms with Crippen molar-refractivity contribution < 1.29 is 22.4 Å². The second-order valence-corrected chi connectivity index (χ2v) is 8.99. The van der Waals surface area contributed by atoms with E-state index in [1.165, 1.54) is 12.1 Å². The molecular formula is C23H22F3N7O2. The fraction of sp³-hybridized carbons (Fsp3) is 0.391. The minimum atomic E-state index is -4.73. The molecule has 2 fully saturated rings. The monoisotopic (exact) mass is 485 g/mol. The third kappa shape index (κ3) is 4.24. The van der Waals surface area contributed by atoms with Gasteiger partial charge in [0.2, 0.25) is 5.95 Å². The highest BCUT2D eigenvalue weighted by Crippen LogP contribution is 2.40. The summed E-state index contributed by atoms with van der Waals surface area (Å²) in [6.45, 7) is 3.45. The lowest BCUT2D eigenvalue weighted by molar-refractivity contribution is -0.274. The number of rotatable bonds is 5. The quantitative estimate of drug-likeness (QED) is 0.447. The molecule has 0 spiro atoms. The van der Waals surface area contributed by atoms with Gasteiger partial charge >= 0.3 is 12.4 Å². The molecule has 2 bridgehead atoms. The number of ether oxygens (including phenoxy) is 1. The Bertz CT molecular complexity index is 1340. The second-order valence-electron chi connectivity index (χ2n) is 8.99. The minimum Gasteiger partial charge on any atom is -0.406 e. The van der Waals surface area contributed by atoms with Gasteiger partial charge in [0, 0.05) is 30.9 Å². The Morgan fingerprint density at radius 3 is 2.46 bits per heavy atom. The lowest BCUT2D eigenvalue weighted by atomic mass is 9.92. The maximum Gasteiger partial charge on any atom is 0.573 e. The van der Waals surface area contributed by atoms with Crippen molar-refractivity contribution in [3.8, 4) is 16.9 Å². The molecule has 0 amide bonds. The normalized spacial score (nSPS) is 22.1. The van der Waals surface area contributed by atoms with E-state index >= 15 is 0 Å². The van der Waals surface area contributed by atoms with Gasteiger partial charge in [-0.25, -0.2) is 4.52 Å². The number of nitrogens with zero attached hydrogens (tertiary/aromatic N) is 6. The van der Waals surface area contributed by atoms with E-state index in [-0.39, 0.29) is 11.8 Å². The molecule has 1 aliphatic heterocycles. The summed E-state index contributed by atoms with van der Waals surface area (Å²) in [6.07, 6.45) is -0.740. The van der Waals surface area contributed by atoms with Crippen LogP contribution in [0.1, 0.15) is 18.7 Å². The van der Waals surface area contributed by atoms with Crippen molar-refractivity contribution in [1.82, 2.24) is 24.7 Å². The zero-order valence-corrected chi connectivity index (χ0v) is 18.7. The van der Waals surface area contributed by atoms with Crippen molar-refractivity contribution in [1.29, 1.82) is 0 Å². The first-order chi connectivity index (χ1) is 16.8. The van der Waals surface area contributed by atoms with Crippen molar-refractivity contribution in [2.24, 2.45) is 11.8 Å². The first-order valence-corrected chi connectivity index (χ1v) is 11.4. The molecule has 182 valence electrons. The van der Waals surface area contributed by atoms with Crippen LogP contribution >= 0.6 is 0 Å². The number of alkyl halides is 3. The zero-order chi connectivity index (χ0) is 24.2. The van der Waals surface area contributed by atoms with Gasteiger partial charge in [0.25, 0.3) is 0 Å². The number of aryl methyl sites for hydroxylation is 1. The van der Waals surface area contributed by atoms with E-state index in [1.807, 2.05) is 19.1 Å². The number of benzene rings is 1. The number of halogens is 3. The summed E-state index contributed by atoms with van der Waals surface area (Å²) in [7, 11) is 0. The Morgan fingerprint density at radius 1 is 1.06 bits per heavy atom. The molecule has 9 nitrogen and oxygen atoms in total. The molecule has 6 rings (SSSR count). The van der Waals surface area contributed by atoms with Gasteiger partial charge in [-0.1, -0.05) is 17.3 Å². The molecule has 35 heavy (non-hydrogen) atoms. The predicted octanol–water partition coefficient (Wildman–Crippen LogP) is 4.31. The molecule has 1 aromatic carbocycles. The zero-order valence-electron chi connectivity index (χ0n) is 18.7. The third-order valence-electron chi connectivity index (χ3n) is 6.68. The summed E-state index contributed by atoms with van der Waals surface area (Å²) in [5.74, 6) is 1.68. The molecule has 4 heterocycles. The Morgan fingerprint density at radius 2 is 1.80 bits per heavy atom. The number of anilines is 2. The highest BCUT2D eigenvalue weighted by atomic mass is 19.4. The van der Waals surface area contributed by atoms with Gasteiger partial charge in [0.05, 0.1) is 0 Å². The largest absolute Gasteiger partial charge is 0.573 e. The molecule has 12 heteroatoms. The van der Waals surface area contributed by atoms with Crippen molar-refractivity contribution >= 4 is 17.6 Å². The van der Waals surface area contributed by atoms with Crippen LogP contribution in [0.25, 0.3) is 16.8 Å². The fourth-order valence-corrected chi connectivity index (χ4v) is 5.21.